The largest absolute Gasteiger partial charge is 0.478 e. The maximum atomic E-state index is 12.6. The van der Waals surface area contributed by atoms with Gasteiger partial charge in [0.05, 0.1) is 24.5 Å². The smallest absolute Gasteiger partial charge is 0.251 e. The highest BCUT2D eigenvalue weighted by molar-refractivity contribution is 14.1. The van der Waals surface area contributed by atoms with Crippen molar-refractivity contribution in [3.8, 4) is 11.9 Å². The maximum Gasteiger partial charge on any atom is 0.251 e. The molecule has 1 unspecified atom stereocenters. The minimum absolute atomic E-state index is 0.127. The Morgan fingerprint density at radius 3 is 2.75 bits per heavy atom. The number of nitrogens with one attached hydrogen (secondary N) is 1. The van der Waals surface area contributed by atoms with Gasteiger partial charge in [0, 0.05) is 46.8 Å². The number of pyridine rings is 1. The molecule has 0 radical (unpaired) electrons. The average Bonchev–Trinajstić information content (AvgIpc) is 3.22. The van der Waals surface area contributed by atoms with Crippen molar-refractivity contribution < 1.29 is 9.53 Å². The molecule has 1 atom stereocenters. The van der Waals surface area contributed by atoms with Crippen molar-refractivity contribution in [3.63, 3.8) is 0 Å². The van der Waals surface area contributed by atoms with Gasteiger partial charge >= 0.3 is 0 Å². The van der Waals surface area contributed by atoms with Crippen LogP contribution < -0.4 is 10.1 Å². The van der Waals surface area contributed by atoms with Crippen molar-refractivity contribution in [1.29, 1.82) is 5.26 Å². The molecule has 1 aromatic carbocycles. The third-order valence-corrected chi connectivity index (χ3v) is 4.73. The topological polar surface area (TPSA) is 92.8 Å². The second-order valence-electron chi connectivity index (χ2n) is 6.07. The number of benzene rings is 1. The summed E-state index contributed by atoms with van der Waals surface area (Å²) in [5.41, 5.74) is 1.10. The Hall–Kier alpha value is -2.93. The van der Waals surface area contributed by atoms with Crippen LogP contribution in [0, 0.1) is 14.9 Å². The van der Waals surface area contributed by atoms with Crippen LogP contribution in [0.3, 0.4) is 0 Å². The lowest BCUT2D eigenvalue weighted by atomic mass is 10.1. The van der Waals surface area contributed by atoms with E-state index in [2.05, 4.69) is 37.9 Å². The molecule has 1 amide bonds. The number of halogens is 1. The zero-order chi connectivity index (χ0) is 19.8. The SMILES string of the molecule is N#Cc1ccc(OCCC(Cn2ccnc2)NC(=O)c2ccc(I)cc2)nc1. The standard InChI is InChI=1S/C20H18IN5O2/c21-17-4-2-16(3-5-17)20(27)25-18(13-26-9-8-23-14-26)7-10-28-19-6-1-15(11-22)12-24-19/h1-6,8-9,12,14,18H,7,10,13H2,(H,25,27). The molecule has 0 aliphatic carbocycles. The molecule has 3 rings (SSSR count). The van der Waals surface area contributed by atoms with E-state index in [1.807, 2.05) is 41.1 Å². The summed E-state index contributed by atoms with van der Waals surface area (Å²) in [6.07, 6.45) is 7.34. The lowest BCUT2D eigenvalue weighted by Crippen LogP contribution is -2.39. The molecule has 142 valence electrons. The van der Waals surface area contributed by atoms with Crippen molar-refractivity contribution in [1.82, 2.24) is 19.9 Å². The number of amides is 1. The van der Waals surface area contributed by atoms with Crippen molar-refractivity contribution in [2.45, 2.75) is 19.0 Å². The Labute approximate surface area is 176 Å². The van der Waals surface area contributed by atoms with E-state index in [0.29, 0.717) is 36.6 Å². The normalized spacial score (nSPS) is 11.4. The monoisotopic (exact) mass is 487 g/mol. The van der Waals surface area contributed by atoms with Crippen LogP contribution in [0.5, 0.6) is 5.88 Å². The molecule has 3 aromatic rings. The fraction of sp³-hybridized carbons (Fsp3) is 0.200. The second kappa shape index (κ2) is 9.85. The molecule has 0 saturated carbocycles. The predicted molar refractivity (Wildman–Crippen MR) is 112 cm³/mol. The minimum Gasteiger partial charge on any atom is -0.478 e. The molecular weight excluding hydrogens is 469 g/mol. The van der Waals surface area contributed by atoms with E-state index in [1.165, 1.54) is 6.20 Å². The molecule has 0 saturated heterocycles. The van der Waals surface area contributed by atoms with Gasteiger partial charge in [-0.25, -0.2) is 9.97 Å². The van der Waals surface area contributed by atoms with Crippen LogP contribution >= 0.6 is 22.6 Å². The van der Waals surface area contributed by atoms with Gasteiger partial charge in [0.15, 0.2) is 0 Å². The first-order valence-corrected chi connectivity index (χ1v) is 9.73. The minimum atomic E-state index is -0.139. The molecule has 1 N–H and O–H groups in total. The molecule has 2 aromatic heterocycles. The summed E-state index contributed by atoms with van der Waals surface area (Å²) in [4.78, 5) is 20.7. The number of aromatic nitrogens is 3. The van der Waals surface area contributed by atoms with Gasteiger partial charge in [-0.3, -0.25) is 4.79 Å². The first-order valence-electron chi connectivity index (χ1n) is 8.65. The Morgan fingerprint density at radius 1 is 1.29 bits per heavy atom. The van der Waals surface area contributed by atoms with Gasteiger partial charge in [-0.1, -0.05) is 0 Å². The van der Waals surface area contributed by atoms with E-state index < -0.39 is 0 Å². The molecule has 8 heteroatoms. The van der Waals surface area contributed by atoms with Gasteiger partial charge < -0.3 is 14.6 Å². The molecule has 28 heavy (non-hydrogen) atoms. The number of hydrogen-bond acceptors (Lipinski definition) is 5. The Morgan fingerprint density at radius 2 is 2.11 bits per heavy atom. The maximum absolute atomic E-state index is 12.6. The molecule has 7 nitrogen and oxygen atoms in total. The van der Waals surface area contributed by atoms with Gasteiger partial charge in [0.25, 0.3) is 5.91 Å². The van der Waals surface area contributed by atoms with Crippen LogP contribution in [0.2, 0.25) is 0 Å². The van der Waals surface area contributed by atoms with E-state index in [4.69, 9.17) is 10.00 Å². The van der Waals surface area contributed by atoms with E-state index in [-0.39, 0.29) is 11.9 Å². The van der Waals surface area contributed by atoms with E-state index in [1.54, 1.807) is 24.7 Å². The van der Waals surface area contributed by atoms with Gasteiger partial charge in [-0.15, -0.1) is 0 Å². The van der Waals surface area contributed by atoms with Crippen molar-refractivity contribution in [2.24, 2.45) is 0 Å². The Balaban J connectivity index is 1.60. The summed E-state index contributed by atoms with van der Waals surface area (Å²) in [7, 11) is 0. The van der Waals surface area contributed by atoms with Crippen molar-refractivity contribution in [2.75, 3.05) is 6.61 Å². The van der Waals surface area contributed by atoms with E-state index in [9.17, 15) is 4.79 Å². The summed E-state index contributed by atoms with van der Waals surface area (Å²) in [6, 6.07) is 12.6. The molecule has 0 spiro atoms. The summed E-state index contributed by atoms with van der Waals surface area (Å²) in [5.74, 6) is 0.322. The predicted octanol–water partition coefficient (Wildman–Crippen LogP) is 3.02. The van der Waals surface area contributed by atoms with Gasteiger partial charge in [-0.05, 0) is 52.9 Å². The summed E-state index contributed by atoms with van der Waals surface area (Å²) in [6.45, 7) is 0.964. The zero-order valence-electron chi connectivity index (χ0n) is 15.0. The number of rotatable bonds is 8. The van der Waals surface area contributed by atoms with Gasteiger partial charge in [0.1, 0.15) is 6.07 Å². The lowest BCUT2D eigenvalue weighted by molar-refractivity contribution is 0.0926. The highest BCUT2D eigenvalue weighted by atomic mass is 127. The number of carbonyl (C=O) groups is 1. The van der Waals surface area contributed by atoms with E-state index >= 15 is 0 Å². The van der Waals surface area contributed by atoms with Crippen LogP contribution in [-0.2, 0) is 6.54 Å². The van der Waals surface area contributed by atoms with Crippen LogP contribution in [0.25, 0.3) is 0 Å². The number of hydrogen-bond donors (Lipinski definition) is 1. The van der Waals surface area contributed by atoms with E-state index in [0.717, 1.165) is 3.57 Å². The lowest BCUT2D eigenvalue weighted by Gasteiger charge is -2.19. The summed E-state index contributed by atoms with van der Waals surface area (Å²) < 4.78 is 8.65. The molecular formula is C20H18IN5O2. The average molecular weight is 487 g/mol. The Kier molecular flexibility index (Phi) is 6.97. The van der Waals surface area contributed by atoms with Crippen molar-refractivity contribution in [3.05, 3.63) is 76.0 Å². The molecule has 0 aliphatic rings. The molecule has 2 heterocycles. The summed E-state index contributed by atoms with van der Waals surface area (Å²) in [5, 5.41) is 11.9. The first-order chi connectivity index (χ1) is 13.6. The second-order valence-corrected chi connectivity index (χ2v) is 7.32. The summed E-state index contributed by atoms with van der Waals surface area (Å²) >= 11 is 2.21. The van der Waals surface area contributed by atoms with Gasteiger partial charge in [-0.2, -0.15) is 5.26 Å². The van der Waals surface area contributed by atoms with Crippen LogP contribution in [0.4, 0.5) is 0 Å². The number of carbonyl (C=O) groups excluding carboxylic acids is 1. The number of nitriles is 1. The third-order valence-electron chi connectivity index (χ3n) is 4.01. The fourth-order valence-corrected chi connectivity index (χ4v) is 2.93. The molecule has 0 fully saturated rings. The fourth-order valence-electron chi connectivity index (χ4n) is 2.57. The zero-order valence-corrected chi connectivity index (χ0v) is 17.1. The van der Waals surface area contributed by atoms with Crippen LogP contribution in [-0.4, -0.2) is 33.1 Å². The Bertz CT molecular complexity index is 934. The number of ether oxygens (including phenoxy) is 1. The van der Waals surface area contributed by atoms with Crippen LogP contribution in [0.1, 0.15) is 22.3 Å². The number of imidazole rings is 1. The van der Waals surface area contributed by atoms with Gasteiger partial charge in [0.2, 0.25) is 5.88 Å². The van der Waals surface area contributed by atoms with Crippen LogP contribution in [0.15, 0.2) is 61.3 Å². The molecule has 0 bridgehead atoms. The molecule has 0 aliphatic heterocycles. The quantitative estimate of drug-likeness (QED) is 0.494. The number of nitrogens with zero attached hydrogens (tertiary/aromatic N) is 4. The highest BCUT2D eigenvalue weighted by Crippen LogP contribution is 2.10. The third kappa shape index (κ3) is 5.79. The first kappa shape index (κ1) is 19.8. The highest BCUT2D eigenvalue weighted by Gasteiger charge is 2.15. The van der Waals surface area contributed by atoms with Crippen molar-refractivity contribution >= 4 is 28.5 Å².